The van der Waals surface area contributed by atoms with Gasteiger partial charge in [-0.2, -0.15) is 0 Å². The van der Waals surface area contributed by atoms with Crippen LogP contribution in [0.4, 0.5) is 16.6 Å². The van der Waals surface area contributed by atoms with Crippen molar-refractivity contribution < 1.29 is 4.79 Å². The average molecular weight is 367 g/mol. The van der Waals surface area contributed by atoms with Crippen molar-refractivity contribution in [1.29, 1.82) is 0 Å². The van der Waals surface area contributed by atoms with E-state index in [4.69, 9.17) is 5.73 Å². The highest BCUT2D eigenvalue weighted by Gasteiger charge is 2.18. The van der Waals surface area contributed by atoms with Gasteiger partial charge in [0.1, 0.15) is 16.5 Å². The van der Waals surface area contributed by atoms with E-state index in [0.717, 1.165) is 17.8 Å². The van der Waals surface area contributed by atoms with Crippen LogP contribution in [0.5, 0.6) is 0 Å². The Bertz CT molecular complexity index is 870. The van der Waals surface area contributed by atoms with Crippen LogP contribution in [0.15, 0.2) is 9.59 Å². The molecule has 0 radical (unpaired) electrons. The molecule has 11 heteroatoms. The van der Waals surface area contributed by atoms with Crippen LogP contribution in [0.2, 0.25) is 0 Å². The van der Waals surface area contributed by atoms with Gasteiger partial charge in [0.05, 0.1) is 6.54 Å². The smallest absolute Gasteiger partial charge is 0.330 e. The number of hydrogen-bond donors (Lipinski definition) is 3. The van der Waals surface area contributed by atoms with E-state index < -0.39 is 11.2 Å². The lowest BCUT2D eigenvalue weighted by Gasteiger charge is -2.21. The van der Waals surface area contributed by atoms with E-state index in [9.17, 15) is 14.4 Å². The molecule has 136 valence electrons. The van der Waals surface area contributed by atoms with Crippen molar-refractivity contribution in [3.05, 3.63) is 25.8 Å². The topological polar surface area (TPSA) is 139 Å². The number of rotatable bonds is 7. The third kappa shape index (κ3) is 4.44. The second-order valence-corrected chi connectivity index (χ2v) is 6.71. The number of unbranched alkanes of at least 4 members (excludes halogenated alkanes) is 1. The lowest BCUT2D eigenvalue weighted by Crippen LogP contribution is -2.39. The first-order valence-corrected chi connectivity index (χ1v) is 8.58. The number of nitrogens with zero attached hydrogens (tertiary/aromatic N) is 4. The zero-order valence-electron chi connectivity index (χ0n) is 14.3. The van der Waals surface area contributed by atoms with Gasteiger partial charge in [0.25, 0.3) is 5.56 Å². The Morgan fingerprint density at radius 3 is 2.72 bits per heavy atom. The predicted octanol–water partition coefficient (Wildman–Crippen LogP) is 0.154. The van der Waals surface area contributed by atoms with Crippen molar-refractivity contribution in [2.24, 2.45) is 0 Å². The van der Waals surface area contributed by atoms with Crippen molar-refractivity contribution in [1.82, 2.24) is 19.7 Å². The average Bonchev–Trinajstić information content (AvgIpc) is 2.91. The van der Waals surface area contributed by atoms with Crippen LogP contribution >= 0.6 is 11.3 Å². The molecule has 4 N–H and O–H groups in total. The quantitative estimate of drug-likeness (QED) is 0.633. The predicted molar refractivity (Wildman–Crippen MR) is 97.2 cm³/mol. The lowest BCUT2D eigenvalue weighted by molar-refractivity contribution is -0.114. The Kier molecular flexibility index (Phi) is 5.91. The number of hydrogen-bond acceptors (Lipinski definition) is 8. The number of H-pyrrole nitrogens is 1. The minimum Gasteiger partial charge on any atom is -0.383 e. The van der Waals surface area contributed by atoms with Gasteiger partial charge >= 0.3 is 5.69 Å². The molecule has 1 amide bonds. The first kappa shape index (κ1) is 18.6. The van der Waals surface area contributed by atoms with Crippen molar-refractivity contribution in [2.75, 3.05) is 29.5 Å². The van der Waals surface area contributed by atoms with Gasteiger partial charge in [-0.3, -0.25) is 24.5 Å². The normalized spacial score (nSPS) is 10.7. The van der Waals surface area contributed by atoms with Crippen LogP contribution in [-0.4, -0.2) is 39.2 Å². The molecule has 25 heavy (non-hydrogen) atoms. The van der Waals surface area contributed by atoms with Gasteiger partial charge in [-0.1, -0.05) is 24.7 Å². The Morgan fingerprint density at radius 2 is 2.12 bits per heavy atom. The molecule has 0 fully saturated rings. The summed E-state index contributed by atoms with van der Waals surface area (Å²) in [7, 11) is 1.56. The van der Waals surface area contributed by atoms with Crippen LogP contribution in [0.3, 0.4) is 0 Å². The highest BCUT2D eigenvalue weighted by Crippen LogP contribution is 2.16. The van der Waals surface area contributed by atoms with E-state index in [1.54, 1.807) is 14.0 Å². The fourth-order valence-corrected chi connectivity index (χ4v) is 2.89. The molecular formula is C14H21N7O3S. The molecular weight excluding hydrogens is 346 g/mol. The molecule has 0 saturated carbocycles. The number of anilines is 3. The molecule has 2 rings (SSSR count). The van der Waals surface area contributed by atoms with Crippen molar-refractivity contribution >= 4 is 33.9 Å². The van der Waals surface area contributed by atoms with Crippen molar-refractivity contribution in [3.63, 3.8) is 0 Å². The van der Waals surface area contributed by atoms with Gasteiger partial charge in [0.2, 0.25) is 11.0 Å². The van der Waals surface area contributed by atoms with Gasteiger partial charge in [-0.25, -0.2) is 4.79 Å². The Labute approximate surface area is 147 Å². The number of likely N-dealkylation sites (N-methyl/N-ethyl adjacent to an activating group) is 1. The number of nitrogen functional groups attached to an aromatic ring is 1. The Balaban J connectivity index is 2.20. The van der Waals surface area contributed by atoms with Crippen LogP contribution in [0.25, 0.3) is 0 Å². The summed E-state index contributed by atoms with van der Waals surface area (Å²) in [4.78, 5) is 39.8. The van der Waals surface area contributed by atoms with Crippen molar-refractivity contribution in [2.45, 2.75) is 33.2 Å². The minimum atomic E-state index is -0.627. The molecule has 0 spiro atoms. The van der Waals surface area contributed by atoms with Crippen LogP contribution < -0.4 is 27.2 Å². The third-order valence-electron chi connectivity index (χ3n) is 3.48. The summed E-state index contributed by atoms with van der Waals surface area (Å²) in [5, 5.41) is 11.3. The minimum absolute atomic E-state index is 0.0456. The lowest BCUT2D eigenvalue weighted by atomic mass is 10.3. The van der Waals surface area contributed by atoms with Gasteiger partial charge < -0.3 is 10.6 Å². The van der Waals surface area contributed by atoms with Crippen LogP contribution in [-0.2, 0) is 11.3 Å². The number of amides is 1. The summed E-state index contributed by atoms with van der Waals surface area (Å²) in [6.07, 6.45) is 1.62. The molecule has 0 atom stereocenters. The van der Waals surface area contributed by atoms with Crippen molar-refractivity contribution in [3.8, 4) is 0 Å². The van der Waals surface area contributed by atoms with E-state index in [1.807, 2.05) is 6.92 Å². The highest BCUT2D eigenvalue weighted by atomic mass is 32.1. The molecule has 0 aliphatic heterocycles. The number of carbonyl (C=O) groups is 1. The molecule has 0 aliphatic carbocycles. The van der Waals surface area contributed by atoms with E-state index in [2.05, 4.69) is 20.5 Å². The molecule has 0 bridgehead atoms. The molecule has 2 aromatic heterocycles. The number of nitrogens with two attached hydrogens (primary N) is 1. The third-order valence-corrected chi connectivity index (χ3v) is 4.24. The van der Waals surface area contributed by atoms with E-state index in [1.165, 1.54) is 20.8 Å². The number of aromatic nitrogens is 4. The van der Waals surface area contributed by atoms with E-state index in [0.29, 0.717) is 11.7 Å². The van der Waals surface area contributed by atoms with Crippen LogP contribution in [0, 0.1) is 6.92 Å². The summed E-state index contributed by atoms with van der Waals surface area (Å²) in [5.74, 6) is -0.326. The second-order valence-electron chi connectivity index (χ2n) is 5.53. The standard InChI is InChI=1S/C14H21N7O3S/c1-4-5-6-21-11(15)10(12(23)17-14(21)24)20(3)7-9(22)16-13-19-18-8(2)25-13/h4-7,15H2,1-3H3,(H,16,19,22)(H,17,23,24). The molecule has 10 nitrogen and oxygen atoms in total. The zero-order chi connectivity index (χ0) is 18.6. The first-order chi connectivity index (χ1) is 11.8. The molecule has 0 unspecified atom stereocenters. The van der Waals surface area contributed by atoms with Gasteiger partial charge in [-0.15, -0.1) is 10.2 Å². The maximum atomic E-state index is 12.1. The fourth-order valence-electron chi connectivity index (χ4n) is 2.28. The van der Waals surface area contributed by atoms with Gasteiger partial charge in [0, 0.05) is 13.6 Å². The summed E-state index contributed by atoms with van der Waals surface area (Å²) < 4.78 is 1.31. The first-order valence-electron chi connectivity index (χ1n) is 7.77. The molecule has 0 aromatic carbocycles. The van der Waals surface area contributed by atoms with Gasteiger partial charge in [0.15, 0.2) is 0 Å². The number of aryl methyl sites for hydroxylation is 1. The molecule has 0 saturated heterocycles. The Morgan fingerprint density at radius 1 is 1.40 bits per heavy atom. The number of carbonyl (C=O) groups excluding carboxylic acids is 1. The molecule has 2 heterocycles. The molecule has 2 aromatic rings. The van der Waals surface area contributed by atoms with E-state index in [-0.39, 0.29) is 24.0 Å². The second kappa shape index (κ2) is 7.92. The number of aromatic amines is 1. The monoisotopic (exact) mass is 367 g/mol. The van der Waals surface area contributed by atoms with Gasteiger partial charge in [-0.05, 0) is 13.3 Å². The Hall–Kier alpha value is -2.69. The highest BCUT2D eigenvalue weighted by molar-refractivity contribution is 7.15. The maximum absolute atomic E-state index is 12.1. The van der Waals surface area contributed by atoms with E-state index >= 15 is 0 Å². The SMILES string of the molecule is CCCCn1c(N)c(N(C)CC(=O)Nc2nnc(C)s2)c(=O)[nH]c1=O. The molecule has 0 aliphatic rings. The van der Waals surface area contributed by atoms with Crippen LogP contribution in [0.1, 0.15) is 24.8 Å². The number of nitrogens with one attached hydrogen (secondary N) is 2. The maximum Gasteiger partial charge on any atom is 0.330 e. The largest absolute Gasteiger partial charge is 0.383 e. The zero-order valence-corrected chi connectivity index (χ0v) is 15.1. The summed E-state index contributed by atoms with van der Waals surface area (Å²) in [6.45, 7) is 4.03. The summed E-state index contributed by atoms with van der Waals surface area (Å²) in [6, 6.07) is 0. The summed E-state index contributed by atoms with van der Waals surface area (Å²) in [5.41, 5.74) is 4.91. The summed E-state index contributed by atoms with van der Waals surface area (Å²) >= 11 is 1.25. The fraction of sp³-hybridized carbons (Fsp3) is 0.500.